The van der Waals surface area contributed by atoms with Gasteiger partial charge in [-0.05, 0) is 98.2 Å². The molecule has 0 saturated carbocycles. The zero-order chi connectivity index (χ0) is 21.0. The number of carbonyl (C=O) groups is 2. The molecule has 6 nitrogen and oxygen atoms in total. The van der Waals surface area contributed by atoms with E-state index in [9.17, 15) is 9.59 Å². The van der Waals surface area contributed by atoms with E-state index in [0.717, 1.165) is 21.2 Å². The molecule has 0 spiro atoms. The lowest BCUT2D eigenvalue weighted by Gasteiger charge is -2.09. The number of halogens is 2. The number of aliphatic imine (C=N–C) groups is 1. The van der Waals surface area contributed by atoms with E-state index in [2.05, 4.69) is 55.8 Å². The van der Waals surface area contributed by atoms with Gasteiger partial charge in [-0.1, -0.05) is 19.1 Å². The van der Waals surface area contributed by atoms with Crippen LogP contribution in [0.15, 0.2) is 50.8 Å². The van der Waals surface area contributed by atoms with Gasteiger partial charge in [-0.2, -0.15) is 0 Å². The van der Waals surface area contributed by atoms with Crippen molar-refractivity contribution in [2.75, 3.05) is 6.61 Å². The summed E-state index contributed by atoms with van der Waals surface area (Å²) in [6.45, 7) is 1.67. The molecule has 0 aromatic heterocycles. The van der Waals surface area contributed by atoms with Crippen molar-refractivity contribution >= 4 is 79.1 Å². The molecule has 29 heavy (non-hydrogen) atoms. The van der Waals surface area contributed by atoms with Crippen LogP contribution in [0.1, 0.15) is 18.1 Å². The summed E-state index contributed by atoms with van der Waals surface area (Å²) in [4.78, 5) is 28.0. The van der Waals surface area contributed by atoms with Crippen molar-refractivity contribution in [3.8, 4) is 5.75 Å². The number of thioether (sulfide) groups is 1. The number of ether oxygens (including phenoxy) is 1. The van der Waals surface area contributed by atoms with E-state index in [4.69, 9.17) is 9.84 Å². The summed E-state index contributed by atoms with van der Waals surface area (Å²) in [5.41, 5.74) is 2.80. The van der Waals surface area contributed by atoms with E-state index in [1.807, 2.05) is 30.3 Å². The number of hydrogen-bond acceptors (Lipinski definition) is 5. The highest BCUT2D eigenvalue weighted by molar-refractivity contribution is 14.1. The molecule has 0 aliphatic carbocycles. The number of nitrogens with zero attached hydrogens (tertiary/aromatic N) is 1. The molecule has 1 fully saturated rings. The van der Waals surface area contributed by atoms with Crippen molar-refractivity contribution < 1.29 is 19.4 Å². The van der Waals surface area contributed by atoms with Crippen molar-refractivity contribution in [2.45, 2.75) is 13.3 Å². The molecule has 9 heteroatoms. The SMILES string of the molecule is CCc1ccc(N=C2NC(=O)/C(=C/c3cc(Br)c(OCC(=O)O)c(I)c3)S2)cc1. The van der Waals surface area contributed by atoms with Crippen LogP contribution in [0.4, 0.5) is 5.69 Å². The minimum atomic E-state index is -1.05. The van der Waals surface area contributed by atoms with E-state index in [1.54, 1.807) is 12.1 Å². The number of aliphatic carboxylic acids is 1. The number of amidine groups is 1. The van der Waals surface area contributed by atoms with Gasteiger partial charge in [0.15, 0.2) is 11.8 Å². The van der Waals surface area contributed by atoms with E-state index in [0.29, 0.717) is 20.3 Å². The first-order valence-corrected chi connectivity index (χ1v) is 11.3. The highest BCUT2D eigenvalue weighted by atomic mass is 127. The molecule has 2 aromatic rings. The van der Waals surface area contributed by atoms with Gasteiger partial charge in [0, 0.05) is 0 Å². The first-order chi connectivity index (χ1) is 13.9. The Morgan fingerprint density at radius 3 is 2.69 bits per heavy atom. The van der Waals surface area contributed by atoms with E-state index < -0.39 is 12.6 Å². The molecule has 150 valence electrons. The average molecular weight is 587 g/mol. The largest absolute Gasteiger partial charge is 0.480 e. The molecule has 2 aromatic carbocycles. The smallest absolute Gasteiger partial charge is 0.341 e. The number of hydrogen-bond donors (Lipinski definition) is 2. The van der Waals surface area contributed by atoms with Crippen LogP contribution in [0.2, 0.25) is 0 Å². The Hall–Kier alpha value is -1.85. The fourth-order valence-corrected chi connectivity index (χ4v) is 5.10. The number of benzene rings is 2. The van der Waals surface area contributed by atoms with Crippen molar-refractivity contribution in [1.82, 2.24) is 5.32 Å². The molecule has 1 saturated heterocycles. The van der Waals surface area contributed by atoms with E-state index >= 15 is 0 Å². The Balaban J connectivity index is 1.79. The molecule has 0 bridgehead atoms. The van der Waals surface area contributed by atoms with Crippen LogP contribution in [0.5, 0.6) is 5.75 Å². The van der Waals surface area contributed by atoms with Gasteiger partial charge in [0.1, 0.15) is 5.75 Å². The number of carboxylic acid groups (broad SMARTS) is 1. The fourth-order valence-electron chi connectivity index (χ4n) is 2.49. The highest BCUT2D eigenvalue weighted by Crippen LogP contribution is 2.34. The maximum absolute atomic E-state index is 12.3. The molecule has 2 N–H and O–H groups in total. The Bertz CT molecular complexity index is 999. The minimum absolute atomic E-state index is 0.212. The van der Waals surface area contributed by atoms with Gasteiger partial charge in [0.05, 0.1) is 18.6 Å². The number of aryl methyl sites for hydroxylation is 1. The zero-order valence-corrected chi connectivity index (χ0v) is 19.8. The van der Waals surface area contributed by atoms with Crippen LogP contribution >= 0.6 is 50.3 Å². The normalized spacial score (nSPS) is 16.3. The van der Waals surface area contributed by atoms with Gasteiger partial charge >= 0.3 is 5.97 Å². The summed E-state index contributed by atoms with van der Waals surface area (Å²) in [6.07, 6.45) is 2.72. The van der Waals surface area contributed by atoms with Gasteiger partial charge in [-0.25, -0.2) is 9.79 Å². The summed E-state index contributed by atoms with van der Waals surface area (Å²) in [5, 5.41) is 12.1. The number of carboxylic acids is 1. The summed E-state index contributed by atoms with van der Waals surface area (Å²) < 4.78 is 6.65. The van der Waals surface area contributed by atoms with Crippen molar-refractivity contribution in [2.24, 2.45) is 4.99 Å². The summed E-state index contributed by atoms with van der Waals surface area (Å²) in [5.74, 6) is -0.804. The fraction of sp³-hybridized carbons (Fsp3) is 0.150. The minimum Gasteiger partial charge on any atom is -0.480 e. The standard InChI is InChI=1S/C20H16BrIN2O4S/c1-2-11-3-5-13(6-4-11)23-20-24-19(27)16(29-20)9-12-7-14(21)18(15(22)8-12)28-10-17(25)26/h3-9H,2,10H2,1H3,(H,25,26)(H,23,24,27)/b16-9-. The zero-order valence-electron chi connectivity index (χ0n) is 15.2. The van der Waals surface area contributed by atoms with Gasteiger partial charge in [0.25, 0.3) is 5.91 Å². The number of nitrogens with one attached hydrogen (secondary N) is 1. The molecule has 1 amide bonds. The lowest BCUT2D eigenvalue weighted by Crippen LogP contribution is -2.19. The first-order valence-electron chi connectivity index (χ1n) is 8.58. The Labute approximate surface area is 194 Å². The number of rotatable bonds is 6. The third-order valence-corrected chi connectivity index (χ3v) is 6.18. The topological polar surface area (TPSA) is 88.0 Å². The second-order valence-corrected chi connectivity index (χ2v) is 9.04. The molecule has 1 aliphatic heterocycles. The van der Waals surface area contributed by atoms with Crippen molar-refractivity contribution in [1.29, 1.82) is 0 Å². The maximum Gasteiger partial charge on any atom is 0.341 e. The van der Waals surface area contributed by atoms with Gasteiger partial charge in [-0.15, -0.1) is 0 Å². The van der Waals surface area contributed by atoms with Crippen LogP contribution < -0.4 is 10.1 Å². The molecule has 0 atom stereocenters. The average Bonchev–Trinajstić information content (AvgIpc) is 3.00. The Kier molecular flexibility index (Phi) is 7.36. The van der Waals surface area contributed by atoms with Crippen LogP contribution in [-0.4, -0.2) is 28.8 Å². The predicted molar refractivity (Wildman–Crippen MR) is 127 cm³/mol. The third-order valence-electron chi connectivity index (χ3n) is 3.88. The van der Waals surface area contributed by atoms with Crippen LogP contribution in [-0.2, 0) is 16.0 Å². The monoisotopic (exact) mass is 586 g/mol. The summed E-state index contributed by atoms with van der Waals surface area (Å²) >= 11 is 6.74. The molecular weight excluding hydrogens is 571 g/mol. The highest BCUT2D eigenvalue weighted by Gasteiger charge is 2.24. The molecule has 1 heterocycles. The Morgan fingerprint density at radius 2 is 2.07 bits per heavy atom. The van der Waals surface area contributed by atoms with Gasteiger partial charge < -0.3 is 15.2 Å². The first kappa shape index (κ1) is 21.8. The molecule has 1 aliphatic rings. The second kappa shape index (κ2) is 9.77. The quantitative estimate of drug-likeness (QED) is 0.369. The lowest BCUT2D eigenvalue weighted by atomic mass is 10.2. The van der Waals surface area contributed by atoms with Gasteiger partial charge in [-0.3, -0.25) is 4.79 Å². The summed E-state index contributed by atoms with van der Waals surface area (Å²) in [6, 6.07) is 11.5. The molecular formula is C20H16BrIN2O4S. The van der Waals surface area contributed by atoms with Crippen LogP contribution in [0.3, 0.4) is 0 Å². The Morgan fingerprint density at radius 1 is 1.34 bits per heavy atom. The lowest BCUT2D eigenvalue weighted by molar-refractivity contribution is -0.139. The van der Waals surface area contributed by atoms with E-state index in [-0.39, 0.29) is 5.91 Å². The number of amides is 1. The van der Waals surface area contributed by atoms with Crippen molar-refractivity contribution in [3.05, 3.63) is 60.5 Å². The molecule has 3 rings (SSSR count). The molecule has 0 unspecified atom stereocenters. The van der Waals surface area contributed by atoms with E-state index in [1.165, 1.54) is 17.3 Å². The predicted octanol–water partition coefficient (Wildman–Crippen LogP) is 4.97. The second-order valence-electron chi connectivity index (χ2n) is 6.00. The van der Waals surface area contributed by atoms with Crippen molar-refractivity contribution in [3.63, 3.8) is 0 Å². The molecule has 0 radical (unpaired) electrons. The third kappa shape index (κ3) is 5.83. The number of carbonyl (C=O) groups excluding carboxylic acids is 1. The maximum atomic E-state index is 12.3. The summed E-state index contributed by atoms with van der Waals surface area (Å²) in [7, 11) is 0. The van der Waals surface area contributed by atoms with Crippen LogP contribution in [0.25, 0.3) is 6.08 Å². The van der Waals surface area contributed by atoms with Gasteiger partial charge in [0.2, 0.25) is 0 Å². The van der Waals surface area contributed by atoms with Crippen LogP contribution in [0, 0.1) is 3.57 Å².